The zero-order valence-electron chi connectivity index (χ0n) is 10.1. The first-order chi connectivity index (χ1) is 8.04. The van der Waals surface area contributed by atoms with Gasteiger partial charge >= 0.3 is 5.97 Å². The molecule has 0 fully saturated rings. The summed E-state index contributed by atoms with van der Waals surface area (Å²) in [5, 5.41) is 5.98. The second kappa shape index (κ2) is 6.03. The van der Waals surface area contributed by atoms with Gasteiger partial charge in [0.15, 0.2) is 0 Å². The molecule has 1 unspecified atom stereocenters. The number of esters is 1. The van der Waals surface area contributed by atoms with Crippen LogP contribution in [0.1, 0.15) is 30.8 Å². The molecule has 0 saturated carbocycles. The fraction of sp³-hybridized carbons (Fsp3) is 0.545. The van der Waals surface area contributed by atoms with Gasteiger partial charge in [0.05, 0.1) is 13.3 Å². The Labute approximate surface area is 99.3 Å². The molecule has 0 aliphatic heterocycles. The molecule has 1 atom stereocenters. The van der Waals surface area contributed by atoms with Crippen molar-refractivity contribution >= 4 is 11.9 Å². The maximum absolute atomic E-state index is 11.7. The van der Waals surface area contributed by atoms with Gasteiger partial charge in [0.2, 0.25) is 5.76 Å². The molecule has 6 heteroatoms. The lowest BCUT2D eigenvalue weighted by Crippen LogP contribution is -2.42. The lowest BCUT2D eigenvalue weighted by molar-refractivity contribution is -0.143. The second-order valence-electron chi connectivity index (χ2n) is 4.06. The molecule has 1 amide bonds. The van der Waals surface area contributed by atoms with Gasteiger partial charge in [0.25, 0.3) is 5.91 Å². The van der Waals surface area contributed by atoms with Gasteiger partial charge in [-0.2, -0.15) is 0 Å². The molecule has 0 saturated heterocycles. The standard InChI is InChI=1S/C11H16N2O4/c1-7(2)6-8(11(15)16-3)13-10(14)9-4-5-12-17-9/h4-5,7-8H,6H2,1-3H3,(H,13,14). The molecular weight excluding hydrogens is 224 g/mol. The highest BCUT2D eigenvalue weighted by atomic mass is 16.5. The first kappa shape index (κ1) is 13.2. The largest absolute Gasteiger partial charge is 0.467 e. The minimum absolute atomic E-state index is 0.0719. The van der Waals surface area contributed by atoms with Gasteiger partial charge in [-0.25, -0.2) is 4.79 Å². The van der Waals surface area contributed by atoms with Crippen LogP contribution in [-0.2, 0) is 9.53 Å². The fourth-order valence-electron chi connectivity index (χ4n) is 1.39. The first-order valence-electron chi connectivity index (χ1n) is 5.34. The number of nitrogens with one attached hydrogen (secondary N) is 1. The quantitative estimate of drug-likeness (QED) is 0.776. The Bertz CT molecular complexity index is 373. The number of amides is 1. The third-order valence-corrected chi connectivity index (χ3v) is 2.16. The molecule has 6 nitrogen and oxygen atoms in total. The van der Waals surface area contributed by atoms with E-state index in [0.29, 0.717) is 6.42 Å². The molecule has 17 heavy (non-hydrogen) atoms. The Morgan fingerprint density at radius 1 is 1.53 bits per heavy atom. The van der Waals surface area contributed by atoms with Crippen molar-refractivity contribution in [3.8, 4) is 0 Å². The highest BCUT2D eigenvalue weighted by molar-refractivity contribution is 5.94. The number of hydrogen-bond acceptors (Lipinski definition) is 5. The van der Waals surface area contributed by atoms with Gasteiger partial charge in [-0.3, -0.25) is 4.79 Å². The Morgan fingerprint density at radius 2 is 2.24 bits per heavy atom. The van der Waals surface area contributed by atoms with Crippen LogP contribution in [0.2, 0.25) is 0 Å². The molecule has 0 spiro atoms. The van der Waals surface area contributed by atoms with Crippen LogP contribution < -0.4 is 5.32 Å². The second-order valence-corrected chi connectivity index (χ2v) is 4.06. The van der Waals surface area contributed by atoms with Crippen molar-refractivity contribution in [1.29, 1.82) is 0 Å². The van der Waals surface area contributed by atoms with E-state index in [1.54, 1.807) is 0 Å². The highest BCUT2D eigenvalue weighted by Crippen LogP contribution is 2.07. The third-order valence-electron chi connectivity index (χ3n) is 2.16. The van der Waals surface area contributed by atoms with Crippen LogP contribution in [0.5, 0.6) is 0 Å². The Hall–Kier alpha value is -1.85. The number of methoxy groups -OCH3 is 1. The molecule has 1 aromatic heterocycles. The lowest BCUT2D eigenvalue weighted by Gasteiger charge is -2.17. The summed E-state index contributed by atoms with van der Waals surface area (Å²) in [5.41, 5.74) is 0. The molecule has 0 aliphatic rings. The average Bonchev–Trinajstić information content (AvgIpc) is 2.79. The fourth-order valence-corrected chi connectivity index (χ4v) is 1.39. The van der Waals surface area contributed by atoms with Crippen LogP contribution in [0.15, 0.2) is 16.8 Å². The van der Waals surface area contributed by atoms with Crippen molar-refractivity contribution in [3.63, 3.8) is 0 Å². The maximum atomic E-state index is 11.7. The van der Waals surface area contributed by atoms with E-state index in [0.717, 1.165) is 0 Å². The molecule has 0 radical (unpaired) electrons. The molecule has 1 aromatic rings. The number of rotatable bonds is 5. The monoisotopic (exact) mass is 240 g/mol. The zero-order valence-corrected chi connectivity index (χ0v) is 10.1. The number of ether oxygens (including phenoxy) is 1. The number of hydrogen-bond donors (Lipinski definition) is 1. The summed E-state index contributed by atoms with van der Waals surface area (Å²) < 4.78 is 9.33. The van der Waals surface area contributed by atoms with E-state index in [9.17, 15) is 9.59 Å². The van der Waals surface area contributed by atoms with Crippen LogP contribution in [0, 0.1) is 5.92 Å². The molecule has 1 rings (SSSR count). The molecule has 0 bridgehead atoms. The predicted octanol–water partition coefficient (Wildman–Crippen LogP) is 0.992. The number of carbonyl (C=O) groups excluding carboxylic acids is 2. The van der Waals surface area contributed by atoms with Crippen LogP contribution >= 0.6 is 0 Å². The summed E-state index contributed by atoms with van der Waals surface area (Å²) in [6.07, 6.45) is 1.87. The van der Waals surface area contributed by atoms with Gasteiger partial charge in [-0.1, -0.05) is 19.0 Å². The van der Waals surface area contributed by atoms with E-state index in [1.165, 1.54) is 19.4 Å². The molecule has 1 N–H and O–H groups in total. The minimum Gasteiger partial charge on any atom is -0.467 e. The Kier molecular flexibility index (Phi) is 4.68. The van der Waals surface area contributed by atoms with Crippen molar-refractivity contribution in [2.75, 3.05) is 7.11 Å². The molecule has 1 heterocycles. The van der Waals surface area contributed by atoms with Crippen LogP contribution in [0.4, 0.5) is 0 Å². The van der Waals surface area contributed by atoms with Gasteiger partial charge < -0.3 is 14.6 Å². The topological polar surface area (TPSA) is 81.4 Å². The first-order valence-corrected chi connectivity index (χ1v) is 5.34. The van der Waals surface area contributed by atoms with Crippen molar-refractivity contribution in [3.05, 3.63) is 18.0 Å². The number of aromatic nitrogens is 1. The van der Waals surface area contributed by atoms with Crippen molar-refractivity contribution in [2.24, 2.45) is 5.92 Å². The van der Waals surface area contributed by atoms with E-state index < -0.39 is 17.9 Å². The summed E-state index contributed by atoms with van der Waals surface area (Å²) >= 11 is 0. The summed E-state index contributed by atoms with van der Waals surface area (Å²) in [6, 6.07) is 0.761. The summed E-state index contributed by atoms with van der Waals surface area (Å²) in [7, 11) is 1.29. The van der Waals surface area contributed by atoms with Gasteiger partial charge in [-0.15, -0.1) is 0 Å². The SMILES string of the molecule is COC(=O)C(CC(C)C)NC(=O)c1ccno1. The van der Waals surface area contributed by atoms with Crippen molar-refractivity contribution in [1.82, 2.24) is 10.5 Å². The molecule has 0 aromatic carbocycles. The van der Waals surface area contributed by atoms with Crippen molar-refractivity contribution < 1.29 is 18.8 Å². The van der Waals surface area contributed by atoms with Gasteiger partial charge in [-0.05, 0) is 12.3 Å². The molecule has 94 valence electrons. The maximum Gasteiger partial charge on any atom is 0.328 e. The zero-order chi connectivity index (χ0) is 12.8. The van der Waals surface area contributed by atoms with Crippen LogP contribution in [0.25, 0.3) is 0 Å². The van der Waals surface area contributed by atoms with E-state index in [-0.39, 0.29) is 11.7 Å². The lowest BCUT2D eigenvalue weighted by atomic mass is 10.0. The highest BCUT2D eigenvalue weighted by Gasteiger charge is 2.24. The van der Waals surface area contributed by atoms with Crippen molar-refractivity contribution in [2.45, 2.75) is 26.3 Å². The van der Waals surface area contributed by atoms with Gasteiger partial charge in [0, 0.05) is 6.07 Å². The minimum atomic E-state index is -0.669. The summed E-state index contributed by atoms with van der Waals surface area (Å²) in [4.78, 5) is 23.1. The van der Waals surface area contributed by atoms with E-state index in [2.05, 4.69) is 15.2 Å². The van der Waals surface area contributed by atoms with E-state index in [1.807, 2.05) is 13.8 Å². The summed E-state index contributed by atoms with van der Waals surface area (Å²) in [6.45, 7) is 3.91. The smallest absolute Gasteiger partial charge is 0.328 e. The Balaban J connectivity index is 2.66. The molecular formula is C11H16N2O4. The van der Waals surface area contributed by atoms with Crippen LogP contribution in [0.3, 0.4) is 0 Å². The van der Waals surface area contributed by atoms with E-state index in [4.69, 9.17) is 4.52 Å². The van der Waals surface area contributed by atoms with Crippen LogP contribution in [-0.4, -0.2) is 30.2 Å². The average molecular weight is 240 g/mol. The molecule has 0 aliphatic carbocycles. The Morgan fingerprint density at radius 3 is 2.71 bits per heavy atom. The van der Waals surface area contributed by atoms with Gasteiger partial charge in [0.1, 0.15) is 6.04 Å². The normalized spacial score (nSPS) is 12.2. The third kappa shape index (κ3) is 3.90. The predicted molar refractivity (Wildman–Crippen MR) is 59.2 cm³/mol. The van der Waals surface area contributed by atoms with E-state index >= 15 is 0 Å². The number of carbonyl (C=O) groups is 2. The summed E-state index contributed by atoms with van der Waals surface area (Å²) in [5.74, 6) is -0.609. The number of nitrogens with zero attached hydrogens (tertiary/aromatic N) is 1.